The van der Waals surface area contributed by atoms with Crippen LogP contribution in [0.5, 0.6) is 0 Å². The van der Waals surface area contributed by atoms with Gasteiger partial charge in [-0.2, -0.15) is 0 Å². The number of rotatable bonds is 2. The fourth-order valence-electron chi connectivity index (χ4n) is 5.99. The lowest BCUT2D eigenvalue weighted by Gasteiger charge is -2.55. The Bertz CT molecular complexity index is 828. The van der Waals surface area contributed by atoms with Crippen molar-refractivity contribution in [1.29, 1.82) is 0 Å². The first-order chi connectivity index (χ1) is 13.7. The van der Waals surface area contributed by atoms with Gasteiger partial charge in [-0.05, 0) is 60.6 Å². The highest BCUT2D eigenvalue weighted by molar-refractivity contribution is 5.54. The van der Waals surface area contributed by atoms with Gasteiger partial charge in [-0.3, -0.25) is 0 Å². The predicted octanol–water partition coefficient (Wildman–Crippen LogP) is 5.93. The van der Waals surface area contributed by atoms with Gasteiger partial charge in [0.2, 0.25) is 0 Å². The van der Waals surface area contributed by atoms with E-state index in [4.69, 9.17) is 4.74 Å². The Morgan fingerprint density at radius 3 is 2.43 bits per heavy atom. The molecule has 1 saturated heterocycles. The van der Waals surface area contributed by atoms with E-state index in [0.29, 0.717) is 11.8 Å². The Morgan fingerprint density at radius 2 is 1.64 bits per heavy atom. The zero-order valence-corrected chi connectivity index (χ0v) is 16.5. The van der Waals surface area contributed by atoms with Gasteiger partial charge >= 0.3 is 0 Å². The monoisotopic (exact) mass is 374 g/mol. The van der Waals surface area contributed by atoms with Crippen molar-refractivity contribution < 1.29 is 9.84 Å². The van der Waals surface area contributed by atoms with Crippen molar-refractivity contribution in [3.05, 3.63) is 77.4 Å². The molecule has 3 fully saturated rings. The van der Waals surface area contributed by atoms with Crippen molar-refractivity contribution in [2.24, 2.45) is 11.8 Å². The van der Waals surface area contributed by atoms with Crippen molar-refractivity contribution in [2.75, 3.05) is 0 Å². The maximum absolute atomic E-state index is 11.6. The molecular weight excluding hydrogens is 344 g/mol. The number of hydrogen-bond donors (Lipinski definition) is 1. The standard InChI is InChI=1S/C26H30O2/c27-26-17-8-7-16-23(26)24(20-12-5-2-6-13-20)22-15-9-14-21(25(22)28-26)18-19-10-3-1-4-11-19/h1-6,10-13,18,22-25,27H,7-9,14-17H2/b21-18+. The molecule has 5 rings (SSSR count). The third-order valence-corrected chi connectivity index (χ3v) is 7.20. The van der Waals surface area contributed by atoms with E-state index in [0.717, 1.165) is 25.7 Å². The summed E-state index contributed by atoms with van der Waals surface area (Å²) >= 11 is 0. The lowest BCUT2D eigenvalue weighted by atomic mass is 9.61. The quantitative estimate of drug-likeness (QED) is 0.706. The molecule has 0 aromatic heterocycles. The van der Waals surface area contributed by atoms with Crippen LogP contribution in [0.15, 0.2) is 66.2 Å². The predicted molar refractivity (Wildman–Crippen MR) is 113 cm³/mol. The molecule has 1 heterocycles. The maximum Gasteiger partial charge on any atom is 0.169 e. The maximum atomic E-state index is 11.6. The van der Waals surface area contributed by atoms with Crippen LogP contribution in [0.2, 0.25) is 0 Å². The number of aliphatic hydroxyl groups is 1. The summed E-state index contributed by atoms with van der Waals surface area (Å²) in [5, 5.41) is 11.6. The van der Waals surface area contributed by atoms with Crippen molar-refractivity contribution in [2.45, 2.75) is 62.8 Å². The molecule has 1 aliphatic heterocycles. The van der Waals surface area contributed by atoms with Gasteiger partial charge in [0.1, 0.15) is 0 Å². The topological polar surface area (TPSA) is 29.5 Å². The molecule has 0 bridgehead atoms. The van der Waals surface area contributed by atoms with Crippen molar-refractivity contribution in [1.82, 2.24) is 0 Å². The molecule has 0 amide bonds. The van der Waals surface area contributed by atoms with E-state index < -0.39 is 5.79 Å². The Morgan fingerprint density at radius 1 is 0.893 bits per heavy atom. The molecule has 2 saturated carbocycles. The van der Waals surface area contributed by atoms with E-state index in [1.807, 2.05) is 0 Å². The van der Waals surface area contributed by atoms with E-state index in [1.165, 1.54) is 36.0 Å². The summed E-state index contributed by atoms with van der Waals surface area (Å²) in [4.78, 5) is 0. The second-order valence-corrected chi connectivity index (χ2v) is 8.86. The van der Waals surface area contributed by atoms with Crippen LogP contribution in [-0.4, -0.2) is 17.0 Å². The average molecular weight is 375 g/mol. The molecular formula is C26H30O2. The molecule has 1 N–H and O–H groups in total. The van der Waals surface area contributed by atoms with Crippen LogP contribution >= 0.6 is 0 Å². The highest BCUT2D eigenvalue weighted by Crippen LogP contribution is 2.56. The molecule has 3 aliphatic rings. The molecule has 5 unspecified atom stereocenters. The Balaban J connectivity index is 1.57. The minimum absolute atomic E-state index is 0.0264. The number of fused-ring (bicyclic) bond motifs is 2. The van der Waals surface area contributed by atoms with Gasteiger partial charge in [0.05, 0.1) is 6.10 Å². The van der Waals surface area contributed by atoms with E-state index in [9.17, 15) is 5.11 Å². The summed E-state index contributed by atoms with van der Waals surface area (Å²) in [6.07, 6.45) is 9.89. The minimum Gasteiger partial charge on any atom is -0.365 e. The summed E-state index contributed by atoms with van der Waals surface area (Å²) in [6.45, 7) is 0. The molecule has 2 aliphatic carbocycles. The van der Waals surface area contributed by atoms with Crippen LogP contribution in [-0.2, 0) is 4.74 Å². The fraction of sp³-hybridized carbons (Fsp3) is 0.462. The zero-order chi connectivity index (χ0) is 19.0. The number of benzene rings is 2. The largest absolute Gasteiger partial charge is 0.365 e. The van der Waals surface area contributed by atoms with Gasteiger partial charge in [-0.25, -0.2) is 0 Å². The van der Waals surface area contributed by atoms with E-state index in [1.54, 1.807) is 0 Å². The van der Waals surface area contributed by atoms with Crippen LogP contribution in [0.25, 0.3) is 6.08 Å². The summed E-state index contributed by atoms with van der Waals surface area (Å²) in [5.41, 5.74) is 3.98. The molecule has 5 atom stereocenters. The summed E-state index contributed by atoms with van der Waals surface area (Å²) < 4.78 is 6.61. The first-order valence-corrected chi connectivity index (χ1v) is 11.0. The van der Waals surface area contributed by atoms with Crippen LogP contribution in [0.3, 0.4) is 0 Å². The first-order valence-electron chi connectivity index (χ1n) is 11.0. The van der Waals surface area contributed by atoms with Gasteiger partial charge in [0.15, 0.2) is 5.79 Å². The lowest BCUT2D eigenvalue weighted by Crippen LogP contribution is -2.57. The summed E-state index contributed by atoms with van der Waals surface area (Å²) in [6, 6.07) is 21.5. The summed E-state index contributed by atoms with van der Waals surface area (Å²) in [5.74, 6) is 0.0627. The second kappa shape index (κ2) is 7.50. The van der Waals surface area contributed by atoms with Gasteiger partial charge in [-0.15, -0.1) is 0 Å². The van der Waals surface area contributed by atoms with Gasteiger partial charge in [-0.1, -0.05) is 73.2 Å². The van der Waals surface area contributed by atoms with Crippen LogP contribution < -0.4 is 0 Å². The molecule has 0 radical (unpaired) electrons. The molecule has 2 heteroatoms. The summed E-state index contributed by atoms with van der Waals surface area (Å²) in [7, 11) is 0. The average Bonchev–Trinajstić information content (AvgIpc) is 2.73. The highest BCUT2D eigenvalue weighted by atomic mass is 16.6. The Labute approximate surface area is 168 Å². The molecule has 2 nitrogen and oxygen atoms in total. The van der Waals surface area contributed by atoms with Crippen molar-refractivity contribution >= 4 is 6.08 Å². The minimum atomic E-state index is -0.979. The molecule has 0 spiro atoms. The molecule has 2 aromatic carbocycles. The van der Waals surface area contributed by atoms with Gasteiger partial charge in [0.25, 0.3) is 0 Å². The SMILES string of the molecule is OC12CCCCC1C(c1ccccc1)C1CCC/C(=C\c3ccccc3)C1O2. The molecule has 28 heavy (non-hydrogen) atoms. The van der Waals surface area contributed by atoms with Crippen LogP contribution in [0, 0.1) is 11.8 Å². The lowest BCUT2D eigenvalue weighted by molar-refractivity contribution is -0.310. The van der Waals surface area contributed by atoms with Crippen molar-refractivity contribution in [3.63, 3.8) is 0 Å². The normalized spacial score (nSPS) is 36.5. The fourth-order valence-corrected chi connectivity index (χ4v) is 5.99. The second-order valence-electron chi connectivity index (χ2n) is 8.86. The smallest absolute Gasteiger partial charge is 0.169 e. The van der Waals surface area contributed by atoms with E-state index in [-0.39, 0.29) is 12.0 Å². The number of hydrogen-bond acceptors (Lipinski definition) is 2. The van der Waals surface area contributed by atoms with Crippen LogP contribution in [0.4, 0.5) is 0 Å². The van der Waals surface area contributed by atoms with Gasteiger partial charge in [0, 0.05) is 12.3 Å². The van der Waals surface area contributed by atoms with Crippen molar-refractivity contribution in [3.8, 4) is 0 Å². The van der Waals surface area contributed by atoms with Crippen LogP contribution in [0.1, 0.15) is 62.0 Å². The number of ether oxygens (including phenoxy) is 1. The molecule has 2 aromatic rings. The molecule has 146 valence electrons. The Hall–Kier alpha value is -1.90. The van der Waals surface area contributed by atoms with E-state index >= 15 is 0 Å². The van der Waals surface area contributed by atoms with E-state index in [2.05, 4.69) is 66.7 Å². The van der Waals surface area contributed by atoms with Gasteiger partial charge < -0.3 is 9.84 Å². The zero-order valence-electron chi connectivity index (χ0n) is 16.5. The Kier molecular flexibility index (Phi) is 4.86. The third-order valence-electron chi connectivity index (χ3n) is 7.20. The first kappa shape index (κ1) is 18.1. The third kappa shape index (κ3) is 3.23. The highest BCUT2D eigenvalue weighted by Gasteiger charge is 2.55.